The highest BCUT2D eigenvalue weighted by atomic mass is 16.2. The molecule has 3 atom stereocenters. The van der Waals surface area contributed by atoms with Crippen molar-refractivity contribution in [1.29, 1.82) is 0 Å². The zero-order valence-corrected chi connectivity index (χ0v) is 14.1. The number of likely N-dealkylation sites (tertiary alicyclic amines) is 1. The molecule has 1 heterocycles. The molecule has 4 heteroatoms. The Morgan fingerprint density at radius 3 is 2.50 bits per heavy atom. The molecule has 2 N–H and O–H groups in total. The lowest BCUT2D eigenvalue weighted by atomic mass is 9.89. The molecule has 0 aromatic heterocycles. The Bertz CT molecular complexity index is 311. The second-order valence-electron chi connectivity index (χ2n) is 7.03. The van der Waals surface area contributed by atoms with E-state index in [4.69, 9.17) is 0 Å². The Labute approximate surface area is 124 Å². The van der Waals surface area contributed by atoms with Crippen molar-refractivity contribution in [2.75, 3.05) is 19.6 Å². The van der Waals surface area contributed by atoms with Crippen molar-refractivity contribution in [3.05, 3.63) is 0 Å². The lowest BCUT2D eigenvalue weighted by Gasteiger charge is -2.41. The molecule has 0 spiro atoms. The van der Waals surface area contributed by atoms with E-state index in [0.717, 1.165) is 26.1 Å². The summed E-state index contributed by atoms with van der Waals surface area (Å²) in [5, 5.41) is 6.67. The number of carbonyl (C=O) groups excluding carboxylic acids is 1. The number of hydrogen-bond acceptors (Lipinski definition) is 3. The number of nitrogens with zero attached hydrogens (tertiary/aromatic N) is 1. The van der Waals surface area contributed by atoms with Crippen molar-refractivity contribution in [1.82, 2.24) is 15.5 Å². The van der Waals surface area contributed by atoms with E-state index in [1.54, 1.807) is 0 Å². The fourth-order valence-electron chi connectivity index (χ4n) is 3.00. The molecule has 20 heavy (non-hydrogen) atoms. The molecule has 3 unspecified atom stereocenters. The van der Waals surface area contributed by atoms with Crippen molar-refractivity contribution in [3.8, 4) is 0 Å². The summed E-state index contributed by atoms with van der Waals surface area (Å²) in [6.45, 7) is 15.6. The number of amides is 1. The molecule has 0 saturated carbocycles. The van der Waals surface area contributed by atoms with E-state index in [-0.39, 0.29) is 17.5 Å². The quantitative estimate of drug-likeness (QED) is 0.811. The van der Waals surface area contributed by atoms with Crippen molar-refractivity contribution in [2.24, 2.45) is 5.92 Å². The zero-order chi connectivity index (χ0) is 15.3. The van der Waals surface area contributed by atoms with Crippen LogP contribution in [0, 0.1) is 5.92 Å². The summed E-state index contributed by atoms with van der Waals surface area (Å²) in [6.07, 6.45) is 2.31. The molecule has 0 radical (unpaired) electrons. The molecule has 0 aliphatic carbocycles. The van der Waals surface area contributed by atoms with Gasteiger partial charge in [-0.25, -0.2) is 0 Å². The second kappa shape index (κ2) is 7.41. The lowest BCUT2D eigenvalue weighted by molar-refractivity contribution is -0.128. The Hall–Kier alpha value is -0.610. The van der Waals surface area contributed by atoms with E-state index in [1.165, 1.54) is 6.42 Å². The van der Waals surface area contributed by atoms with Crippen LogP contribution >= 0.6 is 0 Å². The summed E-state index contributed by atoms with van der Waals surface area (Å²) < 4.78 is 0. The Morgan fingerprint density at radius 2 is 2.00 bits per heavy atom. The van der Waals surface area contributed by atoms with Gasteiger partial charge in [-0.2, -0.15) is 0 Å². The molecule has 1 aliphatic heterocycles. The molecule has 1 saturated heterocycles. The maximum atomic E-state index is 12.3. The number of nitrogens with one attached hydrogen (secondary N) is 2. The predicted octanol–water partition coefficient (Wildman–Crippen LogP) is 2.00. The van der Waals surface area contributed by atoms with Crippen molar-refractivity contribution >= 4 is 5.91 Å². The predicted molar refractivity (Wildman–Crippen MR) is 84.8 cm³/mol. The highest BCUT2D eigenvalue weighted by Gasteiger charge is 2.32. The van der Waals surface area contributed by atoms with E-state index >= 15 is 0 Å². The minimum atomic E-state index is -0.155. The van der Waals surface area contributed by atoms with Gasteiger partial charge in [0.25, 0.3) is 0 Å². The van der Waals surface area contributed by atoms with Crippen LogP contribution in [0.2, 0.25) is 0 Å². The maximum absolute atomic E-state index is 12.3. The van der Waals surface area contributed by atoms with Crippen LogP contribution < -0.4 is 10.6 Å². The average Bonchev–Trinajstić information content (AvgIpc) is 2.36. The molecule has 1 fully saturated rings. The second-order valence-corrected chi connectivity index (χ2v) is 7.03. The molecule has 1 rings (SSSR count). The Balaban J connectivity index is 2.58. The van der Waals surface area contributed by atoms with Crippen LogP contribution in [-0.4, -0.2) is 48.1 Å². The molecular formula is C16H33N3O. The van der Waals surface area contributed by atoms with Gasteiger partial charge in [0.1, 0.15) is 0 Å². The monoisotopic (exact) mass is 283 g/mol. The van der Waals surface area contributed by atoms with Gasteiger partial charge in [0.2, 0.25) is 5.91 Å². The zero-order valence-electron chi connectivity index (χ0n) is 14.1. The minimum Gasteiger partial charge on any atom is -0.350 e. The third-order valence-corrected chi connectivity index (χ3v) is 4.18. The normalized spacial score (nSPS) is 26.3. The maximum Gasteiger partial charge on any atom is 0.237 e. The van der Waals surface area contributed by atoms with E-state index in [2.05, 4.69) is 29.4 Å². The molecule has 1 amide bonds. The largest absolute Gasteiger partial charge is 0.350 e. The van der Waals surface area contributed by atoms with Crippen molar-refractivity contribution in [2.45, 2.75) is 72.0 Å². The van der Waals surface area contributed by atoms with Crippen LogP contribution in [0.5, 0.6) is 0 Å². The number of carbonyl (C=O) groups is 1. The number of rotatable bonds is 5. The Kier molecular flexibility index (Phi) is 6.46. The topological polar surface area (TPSA) is 44.4 Å². The van der Waals surface area contributed by atoms with Gasteiger partial charge in [-0.05, 0) is 46.6 Å². The molecular weight excluding hydrogens is 250 g/mol. The van der Waals surface area contributed by atoms with Gasteiger partial charge in [-0.1, -0.05) is 20.3 Å². The van der Waals surface area contributed by atoms with Crippen molar-refractivity contribution < 1.29 is 4.79 Å². The first kappa shape index (κ1) is 17.4. The van der Waals surface area contributed by atoms with Crippen LogP contribution in [-0.2, 0) is 4.79 Å². The van der Waals surface area contributed by atoms with Gasteiger partial charge in [0.15, 0.2) is 0 Å². The van der Waals surface area contributed by atoms with Gasteiger partial charge >= 0.3 is 0 Å². The fraction of sp³-hybridized carbons (Fsp3) is 0.938. The molecule has 1 aliphatic rings. The average molecular weight is 283 g/mol. The first-order valence-corrected chi connectivity index (χ1v) is 8.08. The molecule has 118 valence electrons. The van der Waals surface area contributed by atoms with Gasteiger partial charge in [-0.15, -0.1) is 0 Å². The lowest BCUT2D eigenvalue weighted by Crippen LogP contribution is -2.56. The van der Waals surface area contributed by atoms with Crippen molar-refractivity contribution in [3.63, 3.8) is 0 Å². The van der Waals surface area contributed by atoms with Gasteiger partial charge in [0, 0.05) is 24.7 Å². The summed E-state index contributed by atoms with van der Waals surface area (Å²) in [5.41, 5.74) is -0.155. The summed E-state index contributed by atoms with van der Waals surface area (Å²) in [7, 11) is 0. The first-order chi connectivity index (χ1) is 9.28. The summed E-state index contributed by atoms with van der Waals surface area (Å²) >= 11 is 0. The molecule has 0 aromatic carbocycles. The van der Waals surface area contributed by atoms with Gasteiger partial charge in [0.05, 0.1) is 6.04 Å². The number of hydrogen-bond donors (Lipinski definition) is 2. The minimum absolute atomic E-state index is 0.0362. The summed E-state index contributed by atoms with van der Waals surface area (Å²) in [4.78, 5) is 14.6. The Morgan fingerprint density at radius 1 is 1.35 bits per heavy atom. The van der Waals surface area contributed by atoms with Gasteiger partial charge < -0.3 is 10.6 Å². The summed E-state index contributed by atoms with van der Waals surface area (Å²) in [6, 6.07) is 0.574. The molecule has 0 bridgehead atoms. The van der Waals surface area contributed by atoms with E-state index in [1.807, 2.05) is 27.7 Å². The third-order valence-electron chi connectivity index (χ3n) is 4.18. The smallest absolute Gasteiger partial charge is 0.237 e. The van der Waals surface area contributed by atoms with E-state index in [0.29, 0.717) is 12.0 Å². The van der Waals surface area contributed by atoms with Crippen LogP contribution in [0.4, 0.5) is 0 Å². The highest BCUT2D eigenvalue weighted by molar-refractivity contribution is 5.81. The fourth-order valence-corrected chi connectivity index (χ4v) is 3.00. The standard InChI is InChI=1S/C16H33N3O/c1-7-13-11-19(10-9-14(13)17-8-2)12(3)15(20)18-16(4,5)6/h12-14,17H,7-11H2,1-6H3,(H,18,20). The van der Waals surface area contributed by atoms with Crippen LogP contribution in [0.3, 0.4) is 0 Å². The van der Waals surface area contributed by atoms with Gasteiger partial charge in [-0.3, -0.25) is 9.69 Å². The summed E-state index contributed by atoms with van der Waals surface area (Å²) in [5.74, 6) is 0.794. The molecule has 0 aromatic rings. The van der Waals surface area contributed by atoms with E-state index < -0.39 is 0 Å². The molecule has 4 nitrogen and oxygen atoms in total. The SMILES string of the molecule is CCNC1CCN(C(C)C(=O)NC(C)(C)C)CC1CC. The van der Waals surface area contributed by atoms with Crippen LogP contribution in [0.25, 0.3) is 0 Å². The van der Waals surface area contributed by atoms with Crippen LogP contribution in [0.15, 0.2) is 0 Å². The highest BCUT2D eigenvalue weighted by Crippen LogP contribution is 2.22. The first-order valence-electron chi connectivity index (χ1n) is 8.08. The third kappa shape index (κ3) is 5.06. The number of piperidine rings is 1. The van der Waals surface area contributed by atoms with E-state index in [9.17, 15) is 4.79 Å². The van der Waals surface area contributed by atoms with Crippen LogP contribution in [0.1, 0.15) is 54.4 Å².